The van der Waals surface area contributed by atoms with Crippen LogP contribution in [-0.2, 0) is 21.7 Å². The van der Waals surface area contributed by atoms with Crippen molar-refractivity contribution in [2.45, 2.75) is 25.2 Å². The molecule has 2 aromatic heterocycles. The minimum atomic E-state index is -4.65. The monoisotopic (exact) mass is 415 g/mol. The number of furan rings is 1. The number of nitrogens with one attached hydrogen (secondary N) is 1. The predicted octanol–water partition coefficient (Wildman–Crippen LogP) is 2.70. The van der Waals surface area contributed by atoms with E-state index in [9.17, 15) is 27.6 Å². The quantitative estimate of drug-likeness (QED) is 0.736. The standard InChI is InChI=1S/C17H16F3N3O4S/c1-16(12-5-3-7-28-12)14(25)23(15(26)21-16)9-13(24)22(10-17(18,19)20)8-11-4-2-6-27-11/h2-7H,8-10H2,1H3,(H,21,26). The summed E-state index contributed by atoms with van der Waals surface area (Å²) in [5.41, 5.74) is -1.36. The number of amides is 4. The summed E-state index contributed by atoms with van der Waals surface area (Å²) in [6.45, 7) is -1.28. The number of hydrogen-bond donors (Lipinski definition) is 1. The van der Waals surface area contributed by atoms with Gasteiger partial charge in [-0.25, -0.2) is 4.79 Å². The number of urea groups is 1. The first-order valence-corrected chi connectivity index (χ1v) is 9.03. The Kier molecular flexibility index (Phi) is 5.20. The number of nitrogens with zero attached hydrogens (tertiary/aromatic N) is 2. The number of alkyl halides is 3. The van der Waals surface area contributed by atoms with Crippen molar-refractivity contribution in [2.75, 3.05) is 13.1 Å². The molecular formula is C17H16F3N3O4S. The molecule has 3 heterocycles. The van der Waals surface area contributed by atoms with Crippen molar-refractivity contribution in [3.8, 4) is 0 Å². The number of thiophene rings is 1. The lowest BCUT2D eigenvalue weighted by molar-refractivity contribution is -0.163. The minimum Gasteiger partial charge on any atom is -0.467 e. The van der Waals surface area contributed by atoms with Crippen LogP contribution in [0.3, 0.4) is 0 Å². The number of imide groups is 1. The van der Waals surface area contributed by atoms with Crippen molar-refractivity contribution in [1.29, 1.82) is 0 Å². The van der Waals surface area contributed by atoms with Crippen LogP contribution in [0.5, 0.6) is 0 Å². The van der Waals surface area contributed by atoms with Gasteiger partial charge in [0, 0.05) is 4.88 Å². The van der Waals surface area contributed by atoms with Crippen LogP contribution in [0.2, 0.25) is 0 Å². The van der Waals surface area contributed by atoms with Crippen LogP contribution < -0.4 is 5.32 Å². The van der Waals surface area contributed by atoms with Crippen molar-refractivity contribution in [3.63, 3.8) is 0 Å². The summed E-state index contributed by atoms with van der Waals surface area (Å²) in [6, 6.07) is 5.43. The molecule has 150 valence electrons. The molecule has 0 aromatic carbocycles. The molecule has 1 unspecified atom stereocenters. The fraction of sp³-hybridized carbons (Fsp3) is 0.353. The Morgan fingerprint density at radius 1 is 1.32 bits per heavy atom. The van der Waals surface area contributed by atoms with Gasteiger partial charge >= 0.3 is 12.2 Å². The Balaban J connectivity index is 1.77. The van der Waals surface area contributed by atoms with E-state index in [0.29, 0.717) is 14.7 Å². The van der Waals surface area contributed by atoms with E-state index in [-0.39, 0.29) is 5.76 Å². The maximum absolute atomic E-state index is 12.9. The highest BCUT2D eigenvalue weighted by atomic mass is 32.1. The highest BCUT2D eigenvalue weighted by molar-refractivity contribution is 7.10. The smallest absolute Gasteiger partial charge is 0.406 e. The normalized spacial score (nSPS) is 19.8. The van der Waals surface area contributed by atoms with E-state index in [0.717, 1.165) is 0 Å². The zero-order chi connectivity index (χ0) is 20.5. The summed E-state index contributed by atoms with van der Waals surface area (Å²) in [7, 11) is 0. The van der Waals surface area contributed by atoms with Gasteiger partial charge in [-0.1, -0.05) is 6.07 Å². The van der Waals surface area contributed by atoms with Crippen molar-refractivity contribution in [3.05, 3.63) is 46.5 Å². The Labute approximate surface area is 161 Å². The number of carbonyl (C=O) groups excluding carboxylic acids is 3. The SMILES string of the molecule is CC1(c2cccs2)NC(=O)N(CC(=O)N(Cc2ccco2)CC(F)(F)F)C1=O. The molecule has 0 radical (unpaired) electrons. The topological polar surface area (TPSA) is 82.9 Å². The summed E-state index contributed by atoms with van der Waals surface area (Å²) in [5.74, 6) is -1.57. The van der Waals surface area contributed by atoms with E-state index in [1.54, 1.807) is 17.5 Å². The molecule has 0 spiro atoms. The summed E-state index contributed by atoms with van der Waals surface area (Å²) in [5, 5.41) is 4.23. The second kappa shape index (κ2) is 7.30. The largest absolute Gasteiger partial charge is 0.467 e. The van der Waals surface area contributed by atoms with Crippen LogP contribution in [0, 0.1) is 0 Å². The van der Waals surface area contributed by atoms with E-state index in [4.69, 9.17) is 4.42 Å². The summed E-state index contributed by atoms with van der Waals surface area (Å²) in [6.07, 6.45) is -3.37. The Morgan fingerprint density at radius 2 is 2.07 bits per heavy atom. The van der Waals surface area contributed by atoms with E-state index in [1.807, 2.05) is 0 Å². The van der Waals surface area contributed by atoms with Gasteiger partial charge in [0.05, 0.1) is 12.8 Å². The Morgan fingerprint density at radius 3 is 2.64 bits per heavy atom. The first-order valence-electron chi connectivity index (χ1n) is 8.15. The number of carbonyl (C=O) groups is 3. The van der Waals surface area contributed by atoms with Gasteiger partial charge in [-0.05, 0) is 30.5 Å². The third-order valence-corrected chi connectivity index (χ3v) is 5.32. The van der Waals surface area contributed by atoms with E-state index < -0.39 is 49.2 Å². The van der Waals surface area contributed by atoms with Gasteiger partial charge in [0.25, 0.3) is 5.91 Å². The molecule has 1 aliphatic rings. The van der Waals surface area contributed by atoms with Crippen LogP contribution in [0.25, 0.3) is 0 Å². The van der Waals surface area contributed by atoms with Gasteiger partial charge < -0.3 is 14.6 Å². The molecule has 0 aliphatic carbocycles. The molecule has 0 saturated carbocycles. The third-order valence-electron chi connectivity index (χ3n) is 4.23. The molecule has 3 rings (SSSR count). The van der Waals surface area contributed by atoms with E-state index in [1.165, 1.54) is 36.7 Å². The molecule has 1 saturated heterocycles. The van der Waals surface area contributed by atoms with Crippen LogP contribution in [0.1, 0.15) is 17.6 Å². The molecule has 0 bridgehead atoms. The van der Waals surface area contributed by atoms with Crippen LogP contribution in [-0.4, -0.2) is 46.9 Å². The van der Waals surface area contributed by atoms with Crippen molar-refractivity contribution in [2.24, 2.45) is 0 Å². The first kappa shape index (κ1) is 19.9. The molecule has 4 amide bonds. The van der Waals surface area contributed by atoms with Gasteiger partial charge in [0.2, 0.25) is 5.91 Å². The fourth-order valence-corrected chi connectivity index (χ4v) is 3.68. The summed E-state index contributed by atoms with van der Waals surface area (Å²) in [4.78, 5) is 39.2. The maximum atomic E-state index is 12.9. The molecule has 1 aliphatic heterocycles. The van der Waals surface area contributed by atoms with E-state index >= 15 is 0 Å². The number of hydrogen-bond acceptors (Lipinski definition) is 5. The average Bonchev–Trinajstić information content (AvgIpc) is 3.33. The van der Waals surface area contributed by atoms with Gasteiger partial charge in [0.15, 0.2) is 5.54 Å². The van der Waals surface area contributed by atoms with Gasteiger partial charge in [-0.15, -0.1) is 11.3 Å². The Bertz CT molecular complexity index is 867. The van der Waals surface area contributed by atoms with Crippen LogP contribution >= 0.6 is 11.3 Å². The Hall–Kier alpha value is -2.82. The lowest BCUT2D eigenvalue weighted by atomic mass is 10.0. The molecule has 11 heteroatoms. The van der Waals surface area contributed by atoms with Crippen LogP contribution in [0.4, 0.5) is 18.0 Å². The second-order valence-corrected chi connectivity index (χ2v) is 7.32. The lowest BCUT2D eigenvalue weighted by Crippen LogP contribution is -2.46. The zero-order valence-corrected chi connectivity index (χ0v) is 15.5. The molecule has 7 nitrogen and oxygen atoms in total. The molecular weight excluding hydrogens is 399 g/mol. The highest BCUT2D eigenvalue weighted by Crippen LogP contribution is 2.32. The minimum absolute atomic E-state index is 0.151. The maximum Gasteiger partial charge on any atom is 0.406 e. The van der Waals surface area contributed by atoms with Gasteiger partial charge in [-0.3, -0.25) is 14.5 Å². The number of rotatable bonds is 6. The van der Waals surface area contributed by atoms with Crippen LogP contribution in [0.15, 0.2) is 40.3 Å². The lowest BCUT2D eigenvalue weighted by Gasteiger charge is -2.25. The highest BCUT2D eigenvalue weighted by Gasteiger charge is 2.50. The third kappa shape index (κ3) is 4.03. The second-order valence-electron chi connectivity index (χ2n) is 6.37. The average molecular weight is 415 g/mol. The first-order chi connectivity index (χ1) is 13.1. The molecule has 1 fully saturated rings. The van der Waals surface area contributed by atoms with Crippen molar-refractivity contribution >= 4 is 29.2 Å². The number of halogens is 3. The zero-order valence-electron chi connectivity index (χ0n) is 14.7. The van der Waals surface area contributed by atoms with Gasteiger partial charge in [-0.2, -0.15) is 13.2 Å². The molecule has 1 N–H and O–H groups in total. The van der Waals surface area contributed by atoms with Gasteiger partial charge in [0.1, 0.15) is 18.8 Å². The summed E-state index contributed by atoms with van der Waals surface area (Å²) < 4.78 is 43.7. The molecule has 2 aromatic rings. The summed E-state index contributed by atoms with van der Waals surface area (Å²) >= 11 is 1.24. The van der Waals surface area contributed by atoms with Crippen molar-refractivity contribution in [1.82, 2.24) is 15.1 Å². The molecule has 1 atom stereocenters. The predicted molar refractivity (Wildman–Crippen MR) is 92.1 cm³/mol. The molecule has 28 heavy (non-hydrogen) atoms. The van der Waals surface area contributed by atoms with Crippen molar-refractivity contribution < 1.29 is 32.0 Å². The van der Waals surface area contributed by atoms with E-state index in [2.05, 4.69) is 5.32 Å². The fourth-order valence-electron chi connectivity index (χ4n) is 2.85.